The van der Waals surface area contributed by atoms with Crippen molar-refractivity contribution in [3.8, 4) is 0 Å². The molecular weight excluding hydrogens is 316 g/mol. The predicted octanol–water partition coefficient (Wildman–Crippen LogP) is 3.76. The highest BCUT2D eigenvalue weighted by Gasteiger charge is 2.21. The monoisotopic (exact) mass is 344 g/mol. The zero-order valence-corrected chi connectivity index (χ0v) is 15.6. The first-order valence-electron chi connectivity index (χ1n) is 7.53. The molecule has 0 bridgehead atoms. The molecule has 0 saturated heterocycles. The zero-order valence-electron chi connectivity index (χ0n) is 14.0. The third kappa shape index (κ3) is 9.00. The van der Waals surface area contributed by atoms with Crippen LogP contribution in [0.4, 0.5) is 0 Å². The van der Waals surface area contributed by atoms with Gasteiger partial charge in [-0.05, 0) is 57.0 Å². The molecular formula is C16H28N2O2S2. The number of aromatic nitrogens is 1. The van der Waals surface area contributed by atoms with Crippen LogP contribution >= 0.6 is 21.6 Å². The number of hydrogen-bond acceptors (Lipinski definition) is 6. The van der Waals surface area contributed by atoms with Gasteiger partial charge in [-0.25, -0.2) is 4.98 Å². The fraction of sp³-hybridized carbons (Fsp3) is 0.688. The van der Waals surface area contributed by atoms with E-state index < -0.39 is 0 Å². The van der Waals surface area contributed by atoms with Crippen molar-refractivity contribution < 1.29 is 9.47 Å². The Kier molecular flexibility index (Phi) is 8.79. The molecule has 1 aromatic rings. The van der Waals surface area contributed by atoms with E-state index in [1.54, 1.807) is 21.6 Å². The first-order valence-corrected chi connectivity index (χ1v) is 9.85. The van der Waals surface area contributed by atoms with Crippen molar-refractivity contribution >= 4 is 21.6 Å². The Hall–Kier alpha value is -0.270. The summed E-state index contributed by atoms with van der Waals surface area (Å²) in [5.41, 5.74) is 5.21. The molecule has 0 aliphatic heterocycles. The molecule has 0 aliphatic rings. The molecule has 1 rings (SSSR count). The standard InChI is InChI=1S/C16H28N2O2S2/c1-15(2,8-10-19-16(3,4)13-17)20-11-12-21-22-14-7-5-6-9-18-14/h5-7,9H,8,10-13,17H2,1-4H3. The van der Waals surface area contributed by atoms with Crippen LogP contribution in [0.1, 0.15) is 34.1 Å². The van der Waals surface area contributed by atoms with E-state index in [0.29, 0.717) is 13.2 Å². The minimum absolute atomic E-state index is 0.180. The Labute approximate surface area is 142 Å². The summed E-state index contributed by atoms with van der Waals surface area (Å²) in [7, 11) is 3.44. The smallest absolute Gasteiger partial charge is 0.106 e. The molecule has 22 heavy (non-hydrogen) atoms. The van der Waals surface area contributed by atoms with Crippen molar-refractivity contribution in [3.05, 3.63) is 24.4 Å². The lowest BCUT2D eigenvalue weighted by Crippen LogP contribution is -2.36. The lowest BCUT2D eigenvalue weighted by molar-refractivity contribution is -0.0651. The van der Waals surface area contributed by atoms with Gasteiger partial charge in [-0.2, -0.15) is 0 Å². The Morgan fingerprint density at radius 2 is 1.82 bits per heavy atom. The molecule has 0 amide bonds. The van der Waals surface area contributed by atoms with Gasteiger partial charge in [-0.1, -0.05) is 16.9 Å². The van der Waals surface area contributed by atoms with Gasteiger partial charge in [0.25, 0.3) is 0 Å². The van der Waals surface area contributed by atoms with Crippen LogP contribution in [0.15, 0.2) is 29.4 Å². The molecule has 0 spiro atoms. The molecule has 0 aromatic carbocycles. The second-order valence-electron chi connectivity index (χ2n) is 6.24. The molecule has 1 heterocycles. The van der Waals surface area contributed by atoms with Crippen LogP contribution in [0.3, 0.4) is 0 Å². The first-order chi connectivity index (χ1) is 10.3. The summed E-state index contributed by atoms with van der Waals surface area (Å²) < 4.78 is 11.7. The van der Waals surface area contributed by atoms with E-state index in [1.165, 1.54) is 0 Å². The number of nitrogens with zero attached hydrogens (tertiary/aromatic N) is 1. The molecule has 0 aliphatic carbocycles. The van der Waals surface area contributed by atoms with Crippen LogP contribution in [0, 0.1) is 0 Å². The van der Waals surface area contributed by atoms with Crippen molar-refractivity contribution in [1.29, 1.82) is 0 Å². The van der Waals surface area contributed by atoms with Gasteiger partial charge in [0.15, 0.2) is 0 Å². The average molecular weight is 345 g/mol. The predicted molar refractivity (Wildman–Crippen MR) is 96.3 cm³/mol. The van der Waals surface area contributed by atoms with E-state index in [0.717, 1.165) is 23.8 Å². The Balaban J connectivity index is 2.12. The van der Waals surface area contributed by atoms with E-state index >= 15 is 0 Å². The maximum atomic E-state index is 5.95. The number of nitrogens with two attached hydrogens (primary N) is 1. The molecule has 0 fully saturated rings. The fourth-order valence-electron chi connectivity index (χ4n) is 1.55. The van der Waals surface area contributed by atoms with Gasteiger partial charge >= 0.3 is 0 Å². The maximum Gasteiger partial charge on any atom is 0.106 e. The summed E-state index contributed by atoms with van der Waals surface area (Å²) >= 11 is 0. The quantitative estimate of drug-likeness (QED) is 0.487. The second kappa shape index (κ2) is 9.78. The van der Waals surface area contributed by atoms with Crippen molar-refractivity contribution in [1.82, 2.24) is 4.98 Å². The van der Waals surface area contributed by atoms with Gasteiger partial charge in [-0.3, -0.25) is 0 Å². The summed E-state index contributed by atoms with van der Waals surface area (Å²) in [6.45, 7) is 10.1. The topological polar surface area (TPSA) is 57.4 Å². The highest BCUT2D eigenvalue weighted by Crippen LogP contribution is 2.29. The van der Waals surface area contributed by atoms with Crippen molar-refractivity contribution in [2.75, 3.05) is 25.5 Å². The van der Waals surface area contributed by atoms with E-state index in [9.17, 15) is 0 Å². The van der Waals surface area contributed by atoms with Gasteiger partial charge in [-0.15, -0.1) is 0 Å². The van der Waals surface area contributed by atoms with Gasteiger partial charge in [0.2, 0.25) is 0 Å². The number of pyridine rings is 1. The lowest BCUT2D eigenvalue weighted by Gasteiger charge is -2.29. The van der Waals surface area contributed by atoms with E-state index in [2.05, 4.69) is 18.8 Å². The Morgan fingerprint density at radius 3 is 2.45 bits per heavy atom. The molecule has 0 atom stereocenters. The van der Waals surface area contributed by atoms with E-state index in [1.807, 2.05) is 38.2 Å². The minimum Gasteiger partial charge on any atom is -0.375 e. The first kappa shape index (κ1) is 19.8. The summed E-state index contributed by atoms with van der Waals surface area (Å²) in [5.74, 6) is 0.930. The largest absolute Gasteiger partial charge is 0.375 e. The number of ether oxygens (including phenoxy) is 2. The van der Waals surface area contributed by atoms with Crippen molar-refractivity contribution in [2.24, 2.45) is 5.73 Å². The Bertz CT molecular complexity index is 414. The molecule has 0 radical (unpaired) electrons. The van der Waals surface area contributed by atoms with Gasteiger partial charge in [0.05, 0.1) is 24.4 Å². The van der Waals surface area contributed by atoms with Crippen LogP contribution in [0.25, 0.3) is 0 Å². The van der Waals surface area contributed by atoms with E-state index in [-0.39, 0.29) is 11.2 Å². The molecule has 6 heteroatoms. The maximum absolute atomic E-state index is 5.95. The summed E-state index contributed by atoms with van der Waals surface area (Å²) in [5, 5.41) is 1.03. The Morgan fingerprint density at radius 1 is 1.09 bits per heavy atom. The van der Waals surface area contributed by atoms with Gasteiger partial charge in [0, 0.05) is 18.5 Å². The third-order valence-electron chi connectivity index (χ3n) is 3.13. The van der Waals surface area contributed by atoms with Crippen LogP contribution < -0.4 is 5.73 Å². The molecule has 1 aromatic heterocycles. The van der Waals surface area contributed by atoms with Crippen molar-refractivity contribution in [3.63, 3.8) is 0 Å². The summed E-state index contributed by atoms with van der Waals surface area (Å²) in [6, 6.07) is 5.94. The van der Waals surface area contributed by atoms with Crippen LogP contribution in [-0.2, 0) is 9.47 Å². The van der Waals surface area contributed by atoms with Gasteiger partial charge < -0.3 is 15.2 Å². The number of hydrogen-bond donors (Lipinski definition) is 1. The molecule has 4 nitrogen and oxygen atoms in total. The van der Waals surface area contributed by atoms with E-state index in [4.69, 9.17) is 15.2 Å². The highest BCUT2D eigenvalue weighted by atomic mass is 33.1. The molecule has 0 unspecified atom stereocenters. The third-order valence-corrected chi connectivity index (χ3v) is 5.36. The fourth-order valence-corrected chi connectivity index (χ4v) is 3.26. The molecule has 0 saturated carbocycles. The average Bonchev–Trinajstić information content (AvgIpc) is 2.47. The lowest BCUT2D eigenvalue weighted by atomic mass is 10.1. The van der Waals surface area contributed by atoms with Crippen LogP contribution in [0.2, 0.25) is 0 Å². The normalized spacial score (nSPS) is 12.6. The van der Waals surface area contributed by atoms with Crippen LogP contribution in [-0.4, -0.2) is 41.7 Å². The summed E-state index contributed by atoms with van der Waals surface area (Å²) in [6.07, 6.45) is 2.67. The summed E-state index contributed by atoms with van der Waals surface area (Å²) in [4.78, 5) is 4.27. The molecule has 2 N–H and O–H groups in total. The SMILES string of the molecule is CC(C)(CN)OCCC(C)(C)OCCSSc1ccccn1. The highest BCUT2D eigenvalue weighted by molar-refractivity contribution is 8.76. The minimum atomic E-state index is -0.259. The van der Waals surface area contributed by atoms with Gasteiger partial charge in [0.1, 0.15) is 5.03 Å². The van der Waals surface area contributed by atoms with Crippen LogP contribution in [0.5, 0.6) is 0 Å². The zero-order chi connectivity index (χ0) is 16.5. The molecule has 126 valence electrons. The second-order valence-corrected chi connectivity index (χ2v) is 8.68. The number of rotatable bonds is 11. The van der Waals surface area contributed by atoms with Crippen molar-refractivity contribution in [2.45, 2.75) is 50.3 Å².